The highest BCUT2D eigenvalue weighted by atomic mass is 35.5. The maximum atomic E-state index is 5.76. The highest BCUT2D eigenvalue weighted by Gasteiger charge is 2.04. The van der Waals surface area contributed by atoms with Crippen molar-refractivity contribution in [1.29, 1.82) is 0 Å². The van der Waals surface area contributed by atoms with Gasteiger partial charge in [0.05, 0.1) is 5.69 Å². The zero-order chi connectivity index (χ0) is 11.3. The first-order valence-corrected chi connectivity index (χ1v) is 5.65. The van der Waals surface area contributed by atoms with Gasteiger partial charge in [-0.1, -0.05) is 30.1 Å². The van der Waals surface area contributed by atoms with Crippen molar-refractivity contribution >= 4 is 23.2 Å². The molecular weight excluding hydrogens is 233 g/mol. The first kappa shape index (κ1) is 12.6. The Labute approximate surface area is 100 Å². The standard InChI is InChI=1S/C10H15Cl2N3/c1-3-10-8(7-15(2)14-10)5-13-6-9(12)4-11/h4,7,13H,3,5-6H2,1-2H3/b9-4-. The van der Waals surface area contributed by atoms with E-state index in [-0.39, 0.29) is 0 Å². The molecule has 0 spiro atoms. The summed E-state index contributed by atoms with van der Waals surface area (Å²) < 4.78 is 1.83. The van der Waals surface area contributed by atoms with Crippen molar-refractivity contribution in [2.75, 3.05) is 6.54 Å². The summed E-state index contributed by atoms with van der Waals surface area (Å²) in [7, 11) is 1.92. The summed E-state index contributed by atoms with van der Waals surface area (Å²) >= 11 is 11.2. The smallest absolute Gasteiger partial charge is 0.0666 e. The van der Waals surface area contributed by atoms with E-state index in [1.165, 1.54) is 11.1 Å². The van der Waals surface area contributed by atoms with Crippen molar-refractivity contribution in [3.63, 3.8) is 0 Å². The van der Waals surface area contributed by atoms with Gasteiger partial charge in [0.15, 0.2) is 0 Å². The van der Waals surface area contributed by atoms with Crippen LogP contribution in [0.2, 0.25) is 0 Å². The topological polar surface area (TPSA) is 29.9 Å². The van der Waals surface area contributed by atoms with E-state index in [4.69, 9.17) is 23.2 Å². The molecule has 0 unspecified atom stereocenters. The van der Waals surface area contributed by atoms with Gasteiger partial charge >= 0.3 is 0 Å². The number of rotatable bonds is 5. The van der Waals surface area contributed by atoms with E-state index in [2.05, 4.69) is 17.3 Å². The molecule has 0 aliphatic carbocycles. The van der Waals surface area contributed by atoms with Crippen LogP contribution in [0.15, 0.2) is 16.8 Å². The van der Waals surface area contributed by atoms with Crippen LogP contribution in [0.4, 0.5) is 0 Å². The molecule has 1 heterocycles. The summed E-state index contributed by atoms with van der Waals surface area (Å²) in [6.45, 7) is 3.44. The summed E-state index contributed by atoms with van der Waals surface area (Å²) in [5, 5.41) is 8.16. The lowest BCUT2D eigenvalue weighted by Gasteiger charge is -2.02. The lowest BCUT2D eigenvalue weighted by molar-refractivity contribution is 0.746. The second-order valence-electron chi connectivity index (χ2n) is 3.29. The van der Waals surface area contributed by atoms with E-state index in [1.807, 2.05) is 17.9 Å². The minimum atomic E-state index is 0.586. The maximum absolute atomic E-state index is 5.76. The van der Waals surface area contributed by atoms with Crippen LogP contribution in [0.3, 0.4) is 0 Å². The van der Waals surface area contributed by atoms with E-state index in [1.54, 1.807) is 0 Å². The van der Waals surface area contributed by atoms with Crippen LogP contribution >= 0.6 is 23.2 Å². The average molecular weight is 248 g/mol. The van der Waals surface area contributed by atoms with E-state index in [0.29, 0.717) is 11.6 Å². The van der Waals surface area contributed by atoms with Gasteiger partial charge in [-0.25, -0.2) is 0 Å². The lowest BCUT2D eigenvalue weighted by atomic mass is 10.2. The molecule has 1 N–H and O–H groups in total. The van der Waals surface area contributed by atoms with Crippen molar-refractivity contribution in [3.05, 3.63) is 28.0 Å². The molecule has 0 atom stereocenters. The molecule has 0 aliphatic rings. The van der Waals surface area contributed by atoms with Crippen molar-refractivity contribution in [2.24, 2.45) is 7.05 Å². The third-order valence-electron chi connectivity index (χ3n) is 2.05. The number of aryl methyl sites for hydroxylation is 2. The average Bonchev–Trinajstić information content (AvgIpc) is 2.58. The molecule has 0 radical (unpaired) electrons. The predicted molar refractivity (Wildman–Crippen MR) is 64.1 cm³/mol. The Bertz CT molecular complexity index is 344. The highest BCUT2D eigenvalue weighted by molar-refractivity contribution is 6.36. The quantitative estimate of drug-likeness (QED) is 0.867. The number of hydrogen-bond acceptors (Lipinski definition) is 2. The molecule has 0 bridgehead atoms. The fourth-order valence-electron chi connectivity index (χ4n) is 1.38. The Kier molecular flexibility index (Phi) is 5.15. The van der Waals surface area contributed by atoms with Crippen LogP contribution in [-0.2, 0) is 20.0 Å². The number of halogens is 2. The molecule has 0 fully saturated rings. The monoisotopic (exact) mass is 247 g/mol. The van der Waals surface area contributed by atoms with Gasteiger partial charge in [0.25, 0.3) is 0 Å². The zero-order valence-corrected chi connectivity index (χ0v) is 10.4. The van der Waals surface area contributed by atoms with E-state index in [9.17, 15) is 0 Å². The molecule has 1 rings (SSSR count). The molecule has 5 heteroatoms. The number of hydrogen-bond donors (Lipinski definition) is 1. The van der Waals surface area contributed by atoms with Crippen molar-refractivity contribution in [1.82, 2.24) is 15.1 Å². The number of nitrogens with zero attached hydrogens (tertiary/aromatic N) is 2. The molecule has 15 heavy (non-hydrogen) atoms. The highest BCUT2D eigenvalue weighted by Crippen LogP contribution is 2.07. The van der Waals surface area contributed by atoms with Crippen molar-refractivity contribution < 1.29 is 0 Å². The van der Waals surface area contributed by atoms with Gasteiger partial charge in [0, 0.05) is 42.5 Å². The van der Waals surface area contributed by atoms with Crippen LogP contribution in [0.25, 0.3) is 0 Å². The molecule has 0 saturated carbocycles. The van der Waals surface area contributed by atoms with Crippen LogP contribution in [0.5, 0.6) is 0 Å². The van der Waals surface area contributed by atoms with Crippen LogP contribution in [0, 0.1) is 0 Å². The molecule has 84 valence electrons. The summed E-state index contributed by atoms with van der Waals surface area (Å²) in [6, 6.07) is 0. The predicted octanol–water partition coefficient (Wildman–Crippen LogP) is 2.39. The second-order valence-corrected chi connectivity index (χ2v) is 3.99. The van der Waals surface area contributed by atoms with Gasteiger partial charge < -0.3 is 5.32 Å². The third kappa shape index (κ3) is 3.86. The number of aromatic nitrogens is 2. The largest absolute Gasteiger partial charge is 0.308 e. The second kappa shape index (κ2) is 6.16. The van der Waals surface area contributed by atoms with Gasteiger partial charge in [-0.15, -0.1) is 0 Å². The number of nitrogens with one attached hydrogen (secondary N) is 1. The summed E-state index contributed by atoms with van der Waals surface area (Å²) in [5.74, 6) is 0. The van der Waals surface area contributed by atoms with Gasteiger partial charge in [-0.05, 0) is 6.42 Å². The summed E-state index contributed by atoms with van der Waals surface area (Å²) in [4.78, 5) is 0. The van der Waals surface area contributed by atoms with Crippen LogP contribution in [0.1, 0.15) is 18.2 Å². The Morgan fingerprint density at radius 1 is 1.67 bits per heavy atom. The van der Waals surface area contributed by atoms with E-state index >= 15 is 0 Å². The van der Waals surface area contributed by atoms with Crippen molar-refractivity contribution in [2.45, 2.75) is 19.9 Å². The summed E-state index contributed by atoms with van der Waals surface area (Å²) in [5.41, 5.74) is 3.70. The fraction of sp³-hybridized carbons (Fsp3) is 0.500. The Balaban J connectivity index is 2.49. The Morgan fingerprint density at radius 3 is 3.00 bits per heavy atom. The van der Waals surface area contributed by atoms with E-state index < -0.39 is 0 Å². The minimum Gasteiger partial charge on any atom is -0.308 e. The lowest BCUT2D eigenvalue weighted by Crippen LogP contribution is -2.15. The SMILES string of the molecule is CCc1nn(C)cc1CNC/C(Cl)=C/Cl. The Morgan fingerprint density at radius 2 is 2.40 bits per heavy atom. The van der Waals surface area contributed by atoms with Crippen LogP contribution in [-0.4, -0.2) is 16.3 Å². The molecule has 1 aromatic rings. The molecular formula is C10H15Cl2N3. The fourth-order valence-corrected chi connectivity index (χ4v) is 1.56. The third-order valence-corrected chi connectivity index (χ3v) is 2.67. The zero-order valence-electron chi connectivity index (χ0n) is 8.93. The van der Waals surface area contributed by atoms with Gasteiger partial charge in [0.1, 0.15) is 0 Å². The molecule has 0 aliphatic heterocycles. The summed E-state index contributed by atoms with van der Waals surface area (Å²) in [6.07, 6.45) is 2.96. The van der Waals surface area contributed by atoms with Gasteiger partial charge in [-0.3, -0.25) is 4.68 Å². The Hall–Kier alpha value is -0.510. The first-order chi connectivity index (χ1) is 7.17. The van der Waals surface area contributed by atoms with E-state index in [0.717, 1.165) is 18.7 Å². The molecule has 3 nitrogen and oxygen atoms in total. The normalized spacial score (nSPS) is 12.1. The van der Waals surface area contributed by atoms with Crippen molar-refractivity contribution in [3.8, 4) is 0 Å². The first-order valence-electron chi connectivity index (χ1n) is 4.84. The van der Waals surface area contributed by atoms with Gasteiger partial charge in [0.2, 0.25) is 0 Å². The molecule has 1 aromatic heterocycles. The maximum Gasteiger partial charge on any atom is 0.0666 e. The molecule has 0 saturated heterocycles. The molecule has 0 aromatic carbocycles. The van der Waals surface area contributed by atoms with Crippen LogP contribution < -0.4 is 5.32 Å². The molecule has 0 amide bonds. The van der Waals surface area contributed by atoms with Gasteiger partial charge in [-0.2, -0.15) is 5.10 Å². The minimum absolute atomic E-state index is 0.586.